The SMILES string of the molecule is Cc1ccncc1-c1ccc(-c2ncc(C(F)(F)F)[nH]2)c(F)c1. The van der Waals surface area contributed by atoms with Gasteiger partial charge in [0.05, 0.1) is 11.8 Å². The van der Waals surface area contributed by atoms with Crippen LogP contribution in [0.1, 0.15) is 11.3 Å². The van der Waals surface area contributed by atoms with Crippen LogP contribution in [-0.4, -0.2) is 15.0 Å². The average molecular weight is 321 g/mol. The van der Waals surface area contributed by atoms with Crippen LogP contribution < -0.4 is 0 Å². The van der Waals surface area contributed by atoms with Gasteiger partial charge in [-0.3, -0.25) is 4.98 Å². The van der Waals surface area contributed by atoms with Crippen molar-refractivity contribution >= 4 is 0 Å². The van der Waals surface area contributed by atoms with Gasteiger partial charge in [0.15, 0.2) is 0 Å². The first-order valence-corrected chi connectivity index (χ1v) is 6.69. The summed E-state index contributed by atoms with van der Waals surface area (Å²) in [4.78, 5) is 9.69. The molecule has 2 heterocycles. The number of nitrogens with one attached hydrogen (secondary N) is 1. The molecule has 0 aliphatic heterocycles. The van der Waals surface area contributed by atoms with Crippen molar-refractivity contribution in [1.29, 1.82) is 0 Å². The first-order valence-electron chi connectivity index (χ1n) is 6.69. The first-order chi connectivity index (χ1) is 10.9. The Morgan fingerprint density at radius 3 is 2.43 bits per heavy atom. The topological polar surface area (TPSA) is 41.6 Å². The van der Waals surface area contributed by atoms with Crippen molar-refractivity contribution in [3.63, 3.8) is 0 Å². The third-order valence-corrected chi connectivity index (χ3v) is 3.46. The highest BCUT2D eigenvalue weighted by Gasteiger charge is 2.33. The largest absolute Gasteiger partial charge is 0.432 e. The van der Waals surface area contributed by atoms with Crippen molar-refractivity contribution in [2.45, 2.75) is 13.1 Å². The molecule has 0 unspecified atom stereocenters. The standard InChI is InChI=1S/C16H11F4N3/c1-9-4-5-21-7-12(9)10-2-3-11(13(17)6-10)15-22-8-14(23-15)16(18,19)20/h2-8H,1H3,(H,22,23). The quantitative estimate of drug-likeness (QED) is 0.701. The van der Waals surface area contributed by atoms with E-state index in [-0.39, 0.29) is 11.4 Å². The normalized spacial score (nSPS) is 11.7. The number of alkyl halides is 3. The zero-order chi connectivity index (χ0) is 16.6. The summed E-state index contributed by atoms with van der Waals surface area (Å²) < 4.78 is 52.0. The van der Waals surface area contributed by atoms with Crippen LogP contribution in [0.5, 0.6) is 0 Å². The number of benzene rings is 1. The molecule has 0 radical (unpaired) electrons. The molecule has 0 atom stereocenters. The van der Waals surface area contributed by atoms with Crippen molar-refractivity contribution in [2.75, 3.05) is 0 Å². The number of aromatic nitrogens is 3. The number of imidazole rings is 1. The van der Waals surface area contributed by atoms with Gasteiger partial charge in [-0.05, 0) is 36.2 Å². The van der Waals surface area contributed by atoms with Crippen LogP contribution in [0.15, 0.2) is 42.9 Å². The zero-order valence-corrected chi connectivity index (χ0v) is 11.9. The molecule has 1 N–H and O–H groups in total. The molecule has 23 heavy (non-hydrogen) atoms. The second-order valence-corrected chi connectivity index (χ2v) is 5.03. The molecule has 0 saturated carbocycles. The third kappa shape index (κ3) is 2.94. The van der Waals surface area contributed by atoms with Gasteiger partial charge in [0.2, 0.25) is 0 Å². The molecule has 0 aliphatic rings. The summed E-state index contributed by atoms with van der Waals surface area (Å²) in [7, 11) is 0. The van der Waals surface area contributed by atoms with E-state index in [9.17, 15) is 17.6 Å². The summed E-state index contributed by atoms with van der Waals surface area (Å²) in [6.07, 6.45) is -0.661. The number of hydrogen-bond acceptors (Lipinski definition) is 2. The summed E-state index contributed by atoms with van der Waals surface area (Å²) >= 11 is 0. The van der Waals surface area contributed by atoms with Crippen LogP contribution in [0.3, 0.4) is 0 Å². The van der Waals surface area contributed by atoms with Crippen LogP contribution >= 0.6 is 0 Å². The van der Waals surface area contributed by atoms with E-state index < -0.39 is 17.7 Å². The lowest BCUT2D eigenvalue weighted by atomic mass is 10.0. The molecular formula is C16H11F4N3. The van der Waals surface area contributed by atoms with E-state index in [4.69, 9.17) is 0 Å². The van der Waals surface area contributed by atoms with Crippen LogP contribution in [0, 0.1) is 12.7 Å². The number of H-pyrrole nitrogens is 1. The van der Waals surface area contributed by atoms with Gasteiger partial charge in [-0.1, -0.05) is 6.07 Å². The smallest absolute Gasteiger partial charge is 0.334 e. The lowest BCUT2D eigenvalue weighted by Crippen LogP contribution is -2.04. The Hall–Kier alpha value is -2.70. The molecule has 3 rings (SSSR count). The maximum absolute atomic E-state index is 14.3. The van der Waals surface area contributed by atoms with E-state index >= 15 is 0 Å². The second kappa shape index (κ2) is 5.49. The van der Waals surface area contributed by atoms with Crippen molar-refractivity contribution < 1.29 is 17.6 Å². The molecular weight excluding hydrogens is 310 g/mol. The molecule has 3 aromatic rings. The minimum absolute atomic E-state index is 0.0224. The summed E-state index contributed by atoms with van der Waals surface area (Å²) in [6, 6.07) is 6.08. The lowest BCUT2D eigenvalue weighted by Gasteiger charge is -2.07. The maximum Gasteiger partial charge on any atom is 0.432 e. The van der Waals surface area contributed by atoms with Gasteiger partial charge in [-0.15, -0.1) is 0 Å². The first kappa shape index (κ1) is 15.2. The summed E-state index contributed by atoms with van der Waals surface area (Å²) in [5.74, 6) is -0.821. The molecule has 0 fully saturated rings. The van der Waals surface area contributed by atoms with Crippen LogP contribution in [0.25, 0.3) is 22.5 Å². The Kier molecular flexibility index (Phi) is 3.63. The summed E-state index contributed by atoms with van der Waals surface area (Å²) in [6.45, 7) is 1.87. The van der Waals surface area contributed by atoms with Gasteiger partial charge >= 0.3 is 6.18 Å². The van der Waals surface area contributed by atoms with Gasteiger partial charge in [0, 0.05) is 18.0 Å². The second-order valence-electron chi connectivity index (χ2n) is 5.03. The number of pyridine rings is 1. The monoisotopic (exact) mass is 321 g/mol. The Morgan fingerprint density at radius 2 is 1.83 bits per heavy atom. The molecule has 0 aliphatic carbocycles. The number of halogens is 4. The Bertz CT molecular complexity index is 853. The maximum atomic E-state index is 14.3. The highest BCUT2D eigenvalue weighted by Crippen LogP contribution is 2.31. The average Bonchev–Trinajstić information content (AvgIpc) is 2.97. The molecule has 0 bridgehead atoms. The number of nitrogens with zero attached hydrogens (tertiary/aromatic N) is 2. The summed E-state index contributed by atoms with van der Waals surface area (Å²) in [5.41, 5.74) is 1.24. The van der Waals surface area contributed by atoms with E-state index in [1.165, 1.54) is 12.1 Å². The minimum atomic E-state index is -4.55. The number of aromatic amines is 1. The molecule has 1 aromatic carbocycles. The van der Waals surface area contributed by atoms with E-state index in [0.717, 1.165) is 11.1 Å². The van der Waals surface area contributed by atoms with E-state index in [0.29, 0.717) is 11.8 Å². The predicted octanol–water partition coefficient (Wildman–Crippen LogP) is 4.61. The molecule has 0 saturated heterocycles. The fourth-order valence-electron chi connectivity index (χ4n) is 2.24. The lowest BCUT2D eigenvalue weighted by molar-refractivity contribution is -0.140. The Balaban J connectivity index is 2.00. The van der Waals surface area contributed by atoms with Crippen LogP contribution in [0.4, 0.5) is 17.6 Å². The molecule has 0 spiro atoms. The van der Waals surface area contributed by atoms with Crippen molar-refractivity contribution in [2.24, 2.45) is 0 Å². The van der Waals surface area contributed by atoms with Crippen molar-refractivity contribution in [3.05, 3.63) is 59.9 Å². The van der Waals surface area contributed by atoms with E-state index in [1.54, 1.807) is 24.5 Å². The summed E-state index contributed by atoms with van der Waals surface area (Å²) in [5, 5.41) is 0. The molecule has 0 amide bonds. The van der Waals surface area contributed by atoms with E-state index in [2.05, 4.69) is 15.0 Å². The van der Waals surface area contributed by atoms with E-state index in [1.807, 2.05) is 6.92 Å². The molecule has 3 nitrogen and oxygen atoms in total. The Labute approximate surface area is 129 Å². The van der Waals surface area contributed by atoms with Crippen molar-refractivity contribution in [3.8, 4) is 22.5 Å². The highest BCUT2D eigenvalue weighted by molar-refractivity contribution is 5.70. The fourth-order valence-corrected chi connectivity index (χ4v) is 2.24. The van der Waals surface area contributed by atoms with Crippen LogP contribution in [-0.2, 0) is 6.18 Å². The third-order valence-electron chi connectivity index (χ3n) is 3.46. The predicted molar refractivity (Wildman–Crippen MR) is 77.0 cm³/mol. The van der Waals surface area contributed by atoms with Gasteiger partial charge in [0.1, 0.15) is 17.3 Å². The zero-order valence-electron chi connectivity index (χ0n) is 11.9. The van der Waals surface area contributed by atoms with Gasteiger partial charge in [-0.2, -0.15) is 13.2 Å². The molecule has 2 aromatic heterocycles. The number of rotatable bonds is 2. The highest BCUT2D eigenvalue weighted by atomic mass is 19.4. The number of hydrogen-bond donors (Lipinski definition) is 1. The van der Waals surface area contributed by atoms with Gasteiger partial charge in [-0.25, -0.2) is 9.37 Å². The molecule has 118 valence electrons. The fraction of sp³-hybridized carbons (Fsp3) is 0.125. The van der Waals surface area contributed by atoms with Gasteiger partial charge in [0.25, 0.3) is 0 Å². The molecule has 7 heteroatoms. The Morgan fingerprint density at radius 1 is 1.04 bits per heavy atom. The van der Waals surface area contributed by atoms with Gasteiger partial charge < -0.3 is 4.98 Å². The van der Waals surface area contributed by atoms with Crippen molar-refractivity contribution in [1.82, 2.24) is 15.0 Å². The minimum Gasteiger partial charge on any atom is -0.334 e. The van der Waals surface area contributed by atoms with Crippen LogP contribution in [0.2, 0.25) is 0 Å². The number of aryl methyl sites for hydroxylation is 1.